The normalized spacial score (nSPS) is 10.0. The van der Waals surface area contributed by atoms with Crippen LogP contribution in [-0.2, 0) is 11.3 Å². The molecule has 0 aliphatic rings. The minimum atomic E-state index is -0.510. The number of carbonyl (C=O) groups excluding carboxylic acids is 1. The van der Waals surface area contributed by atoms with Crippen molar-refractivity contribution in [2.45, 2.75) is 6.61 Å². The number of carbonyl (C=O) groups is 1. The Bertz CT molecular complexity index is 615. The fourth-order valence-electron chi connectivity index (χ4n) is 1.87. The Morgan fingerprint density at radius 1 is 1.19 bits per heavy atom. The van der Waals surface area contributed by atoms with E-state index in [1.165, 1.54) is 0 Å². The number of benzene rings is 2. The van der Waals surface area contributed by atoms with Gasteiger partial charge in [-0.3, -0.25) is 5.32 Å². The van der Waals surface area contributed by atoms with Crippen LogP contribution in [0.4, 0.5) is 16.2 Å². The van der Waals surface area contributed by atoms with Crippen molar-refractivity contribution in [1.29, 1.82) is 0 Å². The van der Waals surface area contributed by atoms with E-state index in [1.54, 1.807) is 12.1 Å². The molecule has 0 saturated heterocycles. The maximum absolute atomic E-state index is 11.9. The molecular formula is C16H17ClN2O2. The van der Waals surface area contributed by atoms with Crippen LogP contribution in [0.2, 0.25) is 5.02 Å². The predicted octanol–water partition coefficient (Wildman–Crippen LogP) is 4.15. The van der Waals surface area contributed by atoms with Crippen LogP contribution < -0.4 is 10.2 Å². The molecule has 0 unspecified atom stereocenters. The van der Waals surface area contributed by atoms with Gasteiger partial charge in [0.25, 0.3) is 0 Å². The summed E-state index contributed by atoms with van der Waals surface area (Å²) in [4.78, 5) is 13.8. The number of anilines is 2. The zero-order valence-corrected chi connectivity index (χ0v) is 12.7. The van der Waals surface area contributed by atoms with Crippen molar-refractivity contribution in [2.75, 3.05) is 24.3 Å². The second-order valence-corrected chi connectivity index (χ2v) is 5.18. The quantitative estimate of drug-likeness (QED) is 0.922. The molecule has 2 aromatic rings. The third-order valence-electron chi connectivity index (χ3n) is 2.89. The fourth-order valence-corrected chi connectivity index (χ4v) is 2.04. The summed E-state index contributed by atoms with van der Waals surface area (Å²) in [7, 11) is 3.79. The van der Waals surface area contributed by atoms with Gasteiger partial charge in [-0.15, -0.1) is 0 Å². The van der Waals surface area contributed by atoms with Crippen molar-refractivity contribution >= 4 is 29.1 Å². The second-order valence-electron chi connectivity index (χ2n) is 4.74. The molecule has 0 spiro atoms. The molecular weight excluding hydrogens is 288 g/mol. The standard InChI is InChI=1S/C16H17ClN2O2/c1-19(2)15-9-8-13(17)10-14(15)18-16(20)21-11-12-6-4-3-5-7-12/h3-10H,11H2,1-2H3,(H,18,20). The molecule has 2 rings (SSSR count). The third-order valence-corrected chi connectivity index (χ3v) is 3.12. The largest absolute Gasteiger partial charge is 0.444 e. The van der Waals surface area contributed by atoms with Gasteiger partial charge < -0.3 is 9.64 Å². The maximum atomic E-state index is 11.9. The van der Waals surface area contributed by atoms with Crippen LogP contribution in [0, 0.1) is 0 Å². The van der Waals surface area contributed by atoms with Crippen molar-refractivity contribution in [3.05, 3.63) is 59.1 Å². The van der Waals surface area contributed by atoms with Gasteiger partial charge in [0.05, 0.1) is 11.4 Å². The maximum Gasteiger partial charge on any atom is 0.412 e. The van der Waals surface area contributed by atoms with Gasteiger partial charge in [-0.2, -0.15) is 0 Å². The molecule has 0 bridgehead atoms. The molecule has 0 aromatic heterocycles. The summed E-state index contributed by atoms with van der Waals surface area (Å²) in [6.07, 6.45) is -0.510. The number of amides is 1. The molecule has 0 saturated carbocycles. The smallest absolute Gasteiger partial charge is 0.412 e. The monoisotopic (exact) mass is 304 g/mol. The Morgan fingerprint density at radius 2 is 1.90 bits per heavy atom. The number of nitrogens with one attached hydrogen (secondary N) is 1. The lowest BCUT2D eigenvalue weighted by Crippen LogP contribution is -2.17. The van der Waals surface area contributed by atoms with Crippen LogP contribution in [0.25, 0.3) is 0 Å². The van der Waals surface area contributed by atoms with E-state index in [4.69, 9.17) is 16.3 Å². The Hall–Kier alpha value is -2.20. The summed E-state index contributed by atoms with van der Waals surface area (Å²) in [5.41, 5.74) is 2.41. The molecule has 1 amide bonds. The first kappa shape index (κ1) is 15.2. The minimum Gasteiger partial charge on any atom is -0.444 e. The number of hydrogen-bond donors (Lipinski definition) is 1. The number of ether oxygens (including phenoxy) is 1. The minimum absolute atomic E-state index is 0.227. The molecule has 0 atom stereocenters. The molecule has 0 aliphatic heterocycles. The van der Waals surface area contributed by atoms with Crippen molar-refractivity contribution in [2.24, 2.45) is 0 Å². The average molecular weight is 305 g/mol. The molecule has 5 heteroatoms. The van der Waals surface area contributed by atoms with E-state index < -0.39 is 6.09 Å². The van der Waals surface area contributed by atoms with Crippen molar-refractivity contribution < 1.29 is 9.53 Å². The van der Waals surface area contributed by atoms with Gasteiger partial charge in [0.2, 0.25) is 0 Å². The lowest BCUT2D eigenvalue weighted by Gasteiger charge is -2.18. The fraction of sp³-hybridized carbons (Fsp3) is 0.188. The summed E-state index contributed by atoms with van der Waals surface area (Å²) < 4.78 is 5.19. The van der Waals surface area contributed by atoms with E-state index in [2.05, 4.69) is 5.32 Å². The number of hydrogen-bond acceptors (Lipinski definition) is 3. The summed E-state index contributed by atoms with van der Waals surface area (Å²) in [6.45, 7) is 0.227. The van der Waals surface area contributed by atoms with Crippen LogP contribution in [0.5, 0.6) is 0 Å². The van der Waals surface area contributed by atoms with Crippen LogP contribution in [-0.4, -0.2) is 20.2 Å². The Kier molecular flexibility index (Phi) is 5.06. The second kappa shape index (κ2) is 6.99. The van der Waals surface area contributed by atoms with Crippen molar-refractivity contribution in [3.8, 4) is 0 Å². The topological polar surface area (TPSA) is 41.6 Å². The first-order valence-corrected chi connectivity index (χ1v) is 6.88. The van der Waals surface area contributed by atoms with E-state index in [9.17, 15) is 4.79 Å². The molecule has 0 heterocycles. The average Bonchev–Trinajstić information content (AvgIpc) is 2.46. The first-order chi connectivity index (χ1) is 10.1. The Labute approximate surface area is 129 Å². The zero-order chi connectivity index (χ0) is 15.2. The highest BCUT2D eigenvalue weighted by Crippen LogP contribution is 2.27. The van der Waals surface area contributed by atoms with Gasteiger partial charge in [-0.25, -0.2) is 4.79 Å². The molecule has 110 valence electrons. The molecule has 2 aromatic carbocycles. The van der Waals surface area contributed by atoms with Gasteiger partial charge in [-0.1, -0.05) is 41.9 Å². The summed E-state index contributed by atoms with van der Waals surface area (Å²) in [6, 6.07) is 14.8. The highest BCUT2D eigenvalue weighted by atomic mass is 35.5. The van der Waals surface area contributed by atoms with E-state index in [-0.39, 0.29) is 6.61 Å². The molecule has 21 heavy (non-hydrogen) atoms. The predicted molar refractivity (Wildman–Crippen MR) is 86.0 cm³/mol. The van der Waals surface area contributed by atoms with Crippen LogP contribution >= 0.6 is 11.6 Å². The molecule has 0 aliphatic carbocycles. The Balaban J connectivity index is 2.01. The van der Waals surface area contributed by atoms with Crippen LogP contribution in [0.1, 0.15) is 5.56 Å². The van der Waals surface area contributed by atoms with Crippen molar-refractivity contribution in [3.63, 3.8) is 0 Å². The molecule has 1 N–H and O–H groups in total. The van der Waals surface area contributed by atoms with Gasteiger partial charge in [0, 0.05) is 19.1 Å². The van der Waals surface area contributed by atoms with Crippen molar-refractivity contribution in [1.82, 2.24) is 0 Å². The van der Waals surface area contributed by atoms with E-state index in [0.29, 0.717) is 10.7 Å². The van der Waals surface area contributed by atoms with Gasteiger partial charge >= 0.3 is 6.09 Å². The van der Waals surface area contributed by atoms with E-state index in [0.717, 1.165) is 11.3 Å². The van der Waals surface area contributed by atoms with Gasteiger partial charge in [0.1, 0.15) is 6.61 Å². The van der Waals surface area contributed by atoms with Crippen LogP contribution in [0.3, 0.4) is 0 Å². The SMILES string of the molecule is CN(C)c1ccc(Cl)cc1NC(=O)OCc1ccccc1. The van der Waals surface area contributed by atoms with Crippen LogP contribution in [0.15, 0.2) is 48.5 Å². The zero-order valence-electron chi connectivity index (χ0n) is 12.0. The van der Waals surface area contributed by atoms with E-state index >= 15 is 0 Å². The van der Waals surface area contributed by atoms with Gasteiger partial charge in [-0.05, 0) is 23.8 Å². The van der Waals surface area contributed by atoms with Gasteiger partial charge in [0.15, 0.2) is 0 Å². The summed E-state index contributed by atoms with van der Waals surface area (Å²) >= 11 is 5.97. The van der Waals surface area contributed by atoms with E-state index in [1.807, 2.05) is 55.4 Å². The molecule has 0 radical (unpaired) electrons. The number of nitrogens with zero attached hydrogens (tertiary/aromatic N) is 1. The third kappa shape index (κ3) is 4.39. The lowest BCUT2D eigenvalue weighted by atomic mass is 10.2. The lowest BCUT2D eigenvalue weighted by molar-refractivity contribution is 0.155. The highest BCUT2D eigenvalue weighted by Gasteiger charge is 2.10. The number of rotatable bonds is 4. The Morgan fingerprint density at radius 3 is 2.57 bits per heavy atom. The summed E-state index contributed by atoms with van der Waals surface area (Å²) in [5, 5.41) is 3.27. The summed E-state index contributed by atoms with van der Waals surface area (Å²) in [5.74, 6) is 0. The first-order valence-electron chi connectivity index (χ1n) is 6.51. The number of halogens is 1. The molecule has 4 nitrogen and oxygen atoms in total. The molecule has 0 fully saturated rings. The highest BCUT2D eigenvalue weighted by molar-refractivity contribution is 6.31.